The van der Waals surface area contributed by atoms with Gasteiger partial charge in [0, 0.05) is 29.2 Å². The van der Waals surface area contributed by atoms with E-state index in [-0.39, 0.29) is 12.0 Å². The van der Waals surface area contributed by atoms with E-state index in [2.05, 4.69) is 25.5 Å². The zero-order chi connectivity index (χ0) is 23.4. The van der Waals surface area contributed by atoms with Crippen LogP contribution in [0.15, 0.2) is 54.9 Å². The third kappa shape index (κ3) is 5.27. The van der Waals surface area contributed by atoms with E-state index in [0.717, 1.165) is 22.6 Å². The minimum absolute atomic E-state index is 0.304. The molecule has 0 saturated heterocycles. The van der Waals surface area contributed by atoms with Gasteiger partial charge in [0.25, 0.3) is 11.1 Å². The molecule has 3 aromatic heterocycles. The Bertz CT molecular complexity index is 1280. The van der Waals surface area contributed by atoms with Crippen molar-refractivity contribution in [1.82, 2.24) is 20.2 Å². The number of benzene rings is 1. The summed E-state index contributed by atoms with van der Waals surface area (Å²) in [6.45, 7) is 3.71. The Morgan fingerprint density at radius 1 is 1.09 bits per heavy atom. The number of nitrogens with one attached hydrogen (secondary N) is 1. The Kier molecular flexibility index (Phi) is 6.81. The molecule has 0 unspecified atom stereocenters. The van der Waals surface area contributed by atoms with Crippen LogP contribution in [0.3, 0.4) is 0 Å². The van der Waals surface area contributed by atoms with E-state index < -0.39 is 0 Å². The molecule has 10 heteroatoms. The van der Waals surface area contributed by atoms with Gasteiger partial charge in [-0.2, -0.15) is 0 Å². The van der Waals surface area contributed by atoms with E-state index in [4.69, 9.17) is 21.1 Å². The van der Waals surface area contributed by atoms with Gasteiger partial charge in [0.2, 0.25) is 5.13 Å². The number of halogens is 1. The van der Waals surface area contributed by atoms with Crippen molar-refractivity contribution in [2.45, 2.75) is 20.0 Å². The molecular formula is C23H20ClN5O3S. The molecule has 0 spiro atoms. The zero-order valence-electron chi connectivity index (χ0n) is 18.1. The number of carbonyl (C=O) groups is 1. The molecule has 0 aliphatic heterocycles. The van der Waals surface area contributed by atoms with Crippen molar-refractivity contribution < 1.29 is 14.3 Å². The first-order valence-corrected chi connectivity index (χ1v) is 11.2. The molecule has 3 heterocycles. The number of pyridine rings is 2. The predicted octanol–water partition coefficient (Wildman–Crippen LogP) is 5.36. The molecule has 0 saturated carbocycles. The summed E-state index contributed by atoms with van der Waals surface area (Å²) in [6.07, 6.45) is 2.73. The maximum absolute atomic E-state index is 13.1. The van der Waals surface area contributed by atoms with Crippen molar-refractivity contribution in [3.05, 3.63) is 76.8 Å². The Hall–Kier alpha value is -3.56. The number of hydrogen-bond acceptors (Lipinski definition) is 8. The highest BCUT2D eigenvalue weighted by Crippen LogP contribution is 2.33. The second kappa shape index (κ2) is 9.93. The van der Waals surface area contributed by atoms with Crippen molar-refractivity contribution in [2.24, 2.45) is 0 Å². The van der Waals surface area contributed by atoms with Gasteiger partial charge in [0.05, 0.1) is 23.4 Å². The summed E-state index contributed by atoms with van der Waals surface area (Å²) >= 11 is 7.00. The molecule has 0 radical (unpaired) electrons. The van der Waals surface area contributed by atoms with Gasteiger partial charge in [-0.1, -0.05) is 34.9 Å². The topological polar surface area (TPSA) is 99.1 Å². The molecule has 168 valence electrons. The van der Waals surface area contributed by atoms with Gasteiger partial charge in [0.1, 0.15) is 11.9 Å². The van der Waals surface area contributed by atoms with Crippen molar-refractivity contribution in [2.75, 3.05) is 12.4 Å². The van der Waals surface area contributed by atoms with Crippen LogP contribution in [0, 0.1) is 6.92 Å². The highest BCUT2D eigenvalue weighted by molar-refractivity contribution is 7.17. The first-order valence-electron chi connectivity index (χ1n) is 9.97. The van der Waals surface area contributed by atoms with Crippen molar-refractivity contribution in [3.63, 3.8) is 0 Å². The van der Waals surface area contributed by atoms with Crippen LogP contribution < -0.4 is 14.8 Å². The second-order valence-electron chi connectivity index (χ2n) is 7.06. The van der Waals surface area contributed by atoms with E-state index in [1.54, 1.807) is 31.6 Å². The van der Waals surface area contributed by atoms with Crippen LogP contribution in [0.2, 0.25) is 5.02 Å². The van der Waals surface area contributed by atoms with Crippen LogP contribution in [-0.4, -0.2) is 33.2 Å². The molecule has 1 aromatic carbocycles. The van der Waals surface area contributed by atoms with Gasteiger partial charge >= 0.3 is 0 Å². The molecule has 0 bridgehead atoms. The number of anilines is 1. The summed E-state index contributed by atoms with van der Waals surface area (Å²) in [4.78, 5) is 21.6. The Morgan fingerprint density at radius 2 is 1.91 bits per heavy atom. The first kappa shape index (κ1) is 22.6. The summed E-state index contributed by atoms with van der Waals surface area (Å²) in [5, 5.41) is 12.0. The molecule has 8 nitrogen and oxygen atoms in total. The average molecular weight is 482 g/mol. The standard InChI is InChI=1S/C23H20ClN5O3S/c1-13-10-17(16-6-4-5-7-20(16)31-3)18(12-25-13)21(30)27-22-28-29-23(33-22)32-14(2)19-9-8-15(24)11-26-19/h4-12,14H,1-3H3,(H,27,28,30)/t14-/m1/s1. The second-order valence-corrected chi connectivity index (χ2v) is 8.44. The quantitative estimate of drug-likeness (QED) is 0.379. The summed E-state index contributed by atoms with van der Waals surface area (Å²) in [5.74, 6) is 0.298. The van der Waals surface area contributed by atoms with E-state index in [0.29, 0.717) is 37.9 Å². The van der Waals surface area contributed by atoms with Gasteiger partial charge in [0.15, 0.2) is 0 Å². The third-order valence-corrected chi connectivity index (χ3v) is 5.71. The van der Waals surface area contributed by atoms with Crippen LogP contribution in [0.25, 0.3) is 11.1 Å². The smallest absolute Gasteiger partial charge is 0.296 e. The lowest BCUT2D eigenvalue weighted by atomic mass is 9.99. The van der Waals surface area contributed by atoms with Gasteiger partial charge < -0.3 is 9.47 Å². The number of hydrogen-bond donors (Lipinski definition) is 1. The number of ether oxygens (including phenoxy) is 2. The van der Waals surface area contributed by atoms with E-state index in [9.17, 15) is 4.79 Å². The van der Waals surface area contributed by atoms with E-state index in [1.165, 1.54) is 0 Å². The molecule has 33 heavy (non-hydrogen) atoms. The number of methoxy groups -OCH3 is 1. The largest absolute Gasteiger partial charge is 0.496 e. The SMILES string of the molecule is COc1ccccc1-c1cc(C)ncc1C(=O)Nc1nnc(O[C@H](C)c2ccc(Cl)cn2)s1. The van der Waals surface area contributed by atoms with Crippen LogP contribution in [-0.2, 0) is 0 Å². The molecule has 4 aromatic rings. The highest BCUT2D eigenvalue weighted by Gasteiger charge is 2.19. The number of amides is 1. The fourth-order valence-electron chi connectivity index (χ4n) is 3.14. The van der Waals surface area contributed by atoms with Gasteiger partial charge in [-0.3, -0.25) is 20.1 Å². The Morgan fingerprint density at radius 3 is 2.67 bits per heavy atom. The minimum atomic E-state index is -0.364. The molecule has 0 aliphatic carbocycles. The summed E-state index contributed by atoms with van der Waals surface area (Å²) in [6, 6.07) is 12.9. The zero-order valence-corrected chi connectivity index (χ0v) is 19.6. The van der Waals surface area contributed by atoms with Crippen LogP contribution in [0.5, 0.6) is 10.9 Å². The number of nitrogens with zero attached hydrogens (tertiary/aromatic N) is 4. The fourth-order valence-corrected chi connectivity index (χ4v) is 3.92. The lowest BCUT2D eigenvalue weighted by Crippen LogP contribution is -2.14. The average Bonchev–Trinajstić information content (AvgIpc) is 3.25. The van der Waals surface area contributed by atoms with Gasteiger partial charge in [-0.15, -0.1) is 5.10 Å². The van der Waals surface area contributed by atoms with Crippen molar-refractivity contribution in [3.8, 4) is 22.1 Å². The molecule has 1 N–H and O–H groups in total. The maximum Gasteiger partial charge on any atom is 0.296 e. The number of aryl methyl sites for hydroxylation is 1. The molecular weight excluding hydrogens is 462 g/mol. The Balaban J connectivity index is 1.53. The van der Waals surface area contributed by atoms with Gasteiger partial charge in [-0.25, -0.2) is 0 Å². The fraction of sp³-hybridized carbons (Fsp3) is 0.174. The summed E-state index contributed by atoms with van der Waals surface area (Å²) in [7, 11) is 1.59. The molecule has 4 rings (SSSR count). The lowest BCUT2D eigenvalue weighted by molar-refractivity contribution is 0.102. The maximum atomic E-state index is 13.1. The lowest BCUT2D eigenvalue weighted by Gasteiger charge is -2.13. The summed E-state index contributed by atoms with van der Waals surface area (Å²) in [5.41, 5.74) is 3.37. The minimum Gasteiger partial charge on any atom is -0.496 e. The number of carbonyl (C=O) groups excluding carboxylic acids is 1. The molecule has 0 aliphatic rings. The molecule has 0 fully saturated rings. The summed E-state index contributed by atoms with van der Waals surface area (Å²) < 4.78 is 11.3. The van der Waals surface area contributed by atoms with Crippen LogP contribution >= 0.6 is 22.9 Å². The normalized spacial score (nSPS) is 11.6. The highest BCUT2D eigenvalue weighted by atomic mass is 35.5. The predicted molar refractivity (Wildman–Crippen MR) is 127 cm³/mol. The van der Waals surface area contributed by atoms with Crippen LogP contribution in [0.4, 0.5) is 5.13 Å². The number of aromatic nitrogens is 4. The molecule has 1 amide bonds. The van der Waals surface area contributed by atoms with Crippen LogP contribution in [0.1, 0.15) is 34.8 Å². The number of rotatable bonds is 7. The van der Waals surface area contributed by atoms with E-state index >= 15 is 0 Å². The first-order chi connectivity index (χ1) is 15.9. The Labute approximate surface area is 199 Å². The molecule has 1 atom stereocenters. The van der Waals surface area contributed by atoms with Crippen molar-refractivity contribution in [1.29, 1.82) is 0 Å². The van der Waals surface area contributed by atoms with E-state index in [1.807, 2.05) is 44.2 Å². The monoisotopic (exact) mass is 481 g/mol. The third-order valence-electron chi connectivity index (χ3n) is 4.75. The van der Waals surface area contributed by atoms with Gasteiger partial charge in [-0.05, 0) is 49.4 Å². The van der Waals surface area contributed by atoms with Crippen molar-refractivity contribution >= 4 is 34.0 Å². The number of para-hydroxylation sites is 1.